The van der Waals surface area contributed by atoms with E-state index in [1.54, 1.807) is 0 Å². The van der Waals surface area contributed by atoms with Gasteiger partial charge in [-0.2, -0.15) is 0 Å². The van der Waals surface area contributed by atoms with Gasteiger partial charge in [-0.3, -0.25) is 0 Å². The van der Waals surface area contributed by atoms with Crippen LogP contribution in [0.5, 0.6) is 0 Å². The summed E-state index contributed by atoms with van der Waals surface area (Å²) in [6.45, 7) is 11.0. The molecule has 160 valence electrons. The van der Waals surface area contributed by atoms with Gasteiger partial charge in [-0.1, -0.05) is 117 Å². The Morgan fingerprint density at radius 1 is 0.346 bits per heavy atom. The molecule has 0 fully saturated rings. The molecule has 0 aromatic carbocycles. The standard InChI is InChI=1S/C24H51N.GeH4/c1-4-7-10-13-16-19-22-25(23-20-17-14-11-8-5-2)24-21-18-15-12-9-6-3;/h4-24H2,1-3H3;1H4. The van der Waals surface area contributed by atoms with Crippen LogP contribution < -0.4 is 0 Å². The van der Waals surface area contributed by atoms with Crippen LogP contribution in [0.3, 0.4) is 0 Å². The monoisotopic (exact) mass is 431 g/mol. The molecular formula is C24H55GeN. The zero-order valence-electron chi connectivity index (χ0n) is 18.3. The molecule has 0 bridgehead atoms. The molecule has 0 saturated carbocycles. The van der Waals surface area contributed by atoms with Crippen LogP contribution in [0.1, 0.15) is 136 Å². The number of hydrogen-bond donors (Lipinski definition) is 0. The minimum atomic E-state index is 0. The summed E-state index contributed by atoms with van der Waals surface area (Å²) in [7, 11) is 0. The summed E-state index contributed by atoms with van der Waals surface area (Å²) in [5, 5.41) is 0. The number of rotatable bonds is 21. The van der Waals surface area contributed by atoms with Gasteiger partial charge in [-0.05, 0) is 38.9 Å². The Bertz CT molecular complexity index is 194. The number of hydrogen-bond acceptors (Lipinski definition) is 1. The van der Waals surface area contributed by atoms with Gasteiger partial charge in [0.05, 0.1) is 0 Å². The van der Waals surface area contributed by atoms with Crippen LogP contribution >= 0.6 is 0 Å². The van der Waals surface area contributed by atoms with Crippen LogP contribution in [0.4, 0.5) is 0 Å². The van der Waals surface area contributed by atoms with Crippen LogP contribution in [0.25, 0.3) is 0 Å². The predicted molar refractivity (Wildman–Crippen MR) is 128 cm³/mol. The van der Waals surface area contributed by atoms with Crippen molar-refractivity contribution in [2.24, 2.45) is 0 Å². The van der Waals surface area contributed by atoms with Crippen molar-refractivity contribution in [3.8, 4) is 0 Å². The minimum absolute atomic E-state index is 0. The fourth-order valence-electron chi connectivity index (χ4n) is 3.68. The van der Waals surface area contributed by atoms with E-state index < -0.39 is 0 Å². The van der Waals surface area contributed by atoms with Gasteiger partial charge < -0.3 is 4.90 Å². The first-order chi connectivity index (χ1) is 12.3. The summed E-state index contributed by atoms with van der Waals surface area (Å²) >= 11 is 0. The van der Waals surface area contributed by atoms with E-state index in [1.807, 2.05) is 0 Å². The van der Waals surface area contributed by atoms with Gasteiger partial charge in [0.15, 0.2) is 0 Å². The van der Waals surface area contributed by atoms with Crippen molar-refractivity contribution in [1.82, 2.24) is 4.90 Å². The predicted octanol–water partition coefficient (Wildman–Crippen LogP) is 6.92. The van der Waals surface area contributed by atoms with Crippen molar-refractivity contribution in [2.45, 2.75) is 136 Å². The Morgan fingerprint density at radius 2 is 0.577 bits per heavy atom. The van der Waals surface area contributed by atoms with E-state index in [9.17, 15) is 0 Å². The summed E-state index contributed by atoms with van der Waals surface area (Å²) in [6.07, 6.45) is 25.7. The summed E-state index contributed by atoms with van der Waals surface area (Å²) in [6, 6.07) is 0. The molecule has 0 aliphatic carbocycles. The molecule has 0 amide bonds. The normalized spacial score (nSPS) is 11.1. The van der Waals surface area contributed by atoms with Crippen LogP contribution in [0, 0.1) is 0 Å². The molecule has 0 unspecified atom stereocenters. The van der Waals surface area contributed by atoms with Crippen molar-refractivity contribution in [3.05, 3.63) is 0 Å². The molecular weight excluding hydrogens is 375 g/mol. The molecule has 0 saturated heterocycles. The van der Waals surface area contributed by atoms with Crippen molar-refractivity contribution >= 4 is 17.6 Å². The summed E-state index contributed by atoms with van der Waals surface area (Å²) in [5.74, 6) is 0. The maximum atomic E-state index is 2.79. The fraction of sp³-hybridized carbons (Fsp3) is 1.00. The van der Waals surface area contributed by atoms with Crippen molar-refractivity contribution in [2.75, 3.05) is 19.6 Å². The van der Waals surface area contributed by atoms with E-state index in [-0.39, 0.29) is 17.6 Å². The van der Waals surface area contributed by atoms with Crippen molar-refractivity contribution < 1.29 is 0 Å². The van der Waals surface area contributed by atoms with Gasteiger partial charge in [0.25, 0.3) is 0 Å². The second-order valence-corrected chi connectivity index (χ2v) is 8.14. The first-order valence-electron chi connectivity index (χ1n) is 12.1. The fourth-order valence-corrected chi connectivity index (χ4v) is 3.68. The molecule has 0 radical (unpaired) electrons. The molecule has 1 nitrogen and oxygen atoms in total. The molecule has 0 aromatic rings. The van der Waals surface area contributed by atoms with E-state index in [4.69, 9.17) is 0 Å². The topological polar surface area (TPSA) is 3.24 Å². The number of unbranched alkanes of at least 4 members (excludes halogenated alkanes) is 15. The SMILES string of the molecule is CCCCCCCCN(CCCCCCCC)CCCCCCCC.[GeH4]. The Kier molecular flexibility index (Phi) is 28.2. The van der Waals surface area contributed by atoms with E-state index in [2.05, 4.69) is 25.7 Å². The zero-order chi connectivity index (χ0) is 18.4. The summed E-state index contributed by atoms with van der Waals surface area (Å²) < 4.78 is 0. The van der Waals surface area contributed by atoms with E-state index in [1.165, 1.54) is 135 Å². The van der Waals surface area contributed by atoms with Gasteiger partial charge in [0.1, 0.15) is 0 Å². The van der Waals surface area contributed by atoms with Gasteiger partial charge in [0, 0.05) is 0 Å². The Hall–Kier alpha value is 0.503. The maximum absolute atomic E-state index is 2.79. The van der Waals surface area contributed by atoms with Crippen molar-refractivity contribution in [1.29, 1.82) is 0 Å². The van der Waals surface area contributed by atoms with Gasteiger partial charge in [-0.15, -0.1) is 0 Å². The third-order valence-electron chi connectivity index (χ3n) is 5.48. The Labute approximate surface area is 178 Å². The average molecular weight is 430 g/mol. The summed E-state index contributed by atoms with van der Waals surface area (Å²) in [4.78, 5) is 2.79. The molecule has 0 N–H and O–H groups in total. The molecule has 0 aliphatic rings. The van der Waals surface area contributed by atoms with E-state index in [0.717, 1.165) is 0 Å². The van der Waals surface area contributed by atoms with Crippen molar-refractivity contribution in [3.63, 3.8) is 0 Å². The molecule has 0 atom stereocenters. The van der Waals surface area contributed by atoms with E-state index in [0.29, 0.717) is 0 Å². The second-order valence-electron chi connectivity index (χ2n) is 8.14. The molecule has 0 heterocycles. The van der Waals surface area contributed by atoms with Gasteiger partial charge >= 0.3 is 17.6 Å². The van der Waals surface area contributed by atoms with Crippen LogP contribution in [0.15, 0.2) is 0 Å². The summed E-state index contributed by atoms with van der Waals surface area (Å²) in [5.41, 5.74) is 0. The molecule has 0 rings (SSSR count). The van der Waals surface area contributed by atoms with Crippen LogP contribution in [-0.4, -0.2) is 42.1 Å². The first kappa shape index (κ1) is 28.7. The first-order valence-corrected chi connectivity index (χ1v) is 12.1. The van der Waals surface area contributed by atoms with E-state index >= 15 is 0 Å². The Morgan fingerprint density at radius 3 is 0.846 bits per heavy atom. The second kappa shape index (κ2) is 25.5. The Balaban J connectivity index is 0. The van der Waals surface area contributed by atoms with Crippen LogP contribution in [0.2, 0.25) is 0 Å². The molecule has 26 heavy (non-hydrogen) atoms. The molecule has 0 aliphatic heterocycles. The molecule has 0 spiro atoms. The van der Waals surface area contributed by atoms with Gasteiger partial charge in [-0.25, -0.2) is 0 Å². The molecule has 2 heteroatoms. The third-order valence-corrected chi connectivity index (χ3v) is 5.48. The zero-order valence-corrected chi connectivity index (χ0v) is 18.3. The van der Waals surface area contributed by atoms with Crippen LogP contribution in [-0.2, 0) is 0 Å². The third kappa shape index (κ3) is 22.5. The van der Waals surface area contributed by atoms with Gasteiger partial charge in [0.2, 0.25) is 0 Å². The number of nitrogens with zero attached hydrogens (tertiary/aromatic N) is 1. The average Bonchev–Trinajstić information content (AvgIpc) is 2.63. The quantitative estimate of drug-likeness (QED) is 0.141. The molecule has 0 aromatic heterocycles.